The number of alkyl halides is 2. The summed E-state index contributed by atoms with van der Waals surface area (Å²) in [5, 5.41) is 10.9. The van der Waals surface area contributed by atoms with Gasteiger partial charge in [-0.05, 0) is 12.8 Å². The van der Waals surface area contributed by atoms with Gasteiger partial charge in [-0.1, -0.05) is 6.42 Å². The van der Waals surface area contributed by atoms with Crippen molar-refractivity contribution in [3.8, 4) is 0 Å². The van der Waals surface area contributed by atoms with Crippen molar-refractivity contribution in [1.29, 1.82) is 0 Å². The number of amides is 2. The van der Waals surface area contributed by atoms with Crippen molar-refractivity contribution in [3.05, 3.63) is 0 Å². The van der Waals surface area contributed by atoms with E-state index >= 15 is 0 Å². The van der Waals surface area contributed by atoms with Gasteiger partial charge in [0.1, 0.15) is 0 Å². The van der Waals surface area contributed by atoms with Crippen molar-refractivity contribution in [1.82, 2.24) is 10.2 Å². The number of aliphatic carboxylic acids is 1. The summed E-state index contributed by atoms with van der Waals surface area (Å²) in [6.45, 7) is -0.00846. The molecule has 1 saturated carbocycles. The smallest absolute Gasteiger partial charge is 0.317 e. The third-order valence-corrected chi connectivity index (χ3v) is 3.42. The van der Waals surface area contributed by atoms with E-state index in [4.69, 9.17) is 5.11 Å². The summed E-state index contributed by atoms with van der Waals surface area (Å²) in [4.78, 5) is 23.1. The van der Waals surface area contributed by atoms with E-state index in [1.807, 2.05) is 0 Å². The maximum absolute atomic E-state index is 13.5. The maximum atomic E-state index is 13.5. The first-order valence-corrected chi connectivity index (χ1v) is 6.41. The number of hydrogen-bond donors (Lipinski definition) is 2. The molecule has 5 nitrogen and oxygen atoms in total. The first-order valence-electron chi connectivity index (χ1n) is 6.41. The van der Waals surface area contributed by atoms with Crippen LogP contribution in [-0.4, -0.2) is 48.1 Å². The molecule has 1 unspecified atom stereocenters. The Kier molecular flexibility index (Phi) is 5.50. The molecule has 0 spiro atoms. The van der Waals surface area contributed by atoms with Gasteiger partial charge < -0.3 is 15.3 Å². The van der Waals surface area contributed by atoms with Crippen LogP contribution in [-0.2, 0) is 4.79 Å². The molecular weight excluding hydrogens is 258 g/mol. The molecule has 7 heteroatoms. The van der Waals surface area contributed by atoms with Crippen molar-refractivity contribution in [2.75, 3.05) is 20.1 Å². The van der Waals surface area contributed by atoms with Gasteiger partial charge in [0.2, 0.25) is 0 Å². The summed E-state index contributed by atoms with van der Waals surface area (Å²) >= 11 is 0. The van der Waals surface area contributed by atoms with E-state index in [-0.39, 0.29) is 25.9 Å². The second-order valence-electron chi connectivity index (χ2n) is 4.96. The molecule has 0 aromatic carbocycles. The molecule has 0 saturated heterocycles. The van der Waals surface area contributed by atoms with Gasteiger partial charge in [-0.25, -0.2) is 13.6 Å². The van der Waals surface area contributed by atoms with E-state index in [0.717, 1.165) is 6.42 Å². The zero-order valence-corrected chi connectivity index (χ0v) is 11.0. The van der Waals surface area contributed by atoms with Gasteiger partial charge in [0.05, 0.1) is 6.42 Å². The Morgan fingerprint density at radius 2 is 2.11 bits per heavy atom. The van der Waals surface area contributed by atoms with Gasteiger partial charge in [-0.15, -0.1) is 0 Å². The second kappa shape index (κ2) is 6.68. The van der Waals surface area contributed by atoms with Gasteiger partial charge in [-0.2, -0.15) is 0 Å². The predicted octanol–water partition coefficient (Wildman–Crippen LogP) is 1.93. The maximum Gasteiger partial charge on any atom is 0.317 e. The van der Waals surface area contributed by atoms with E-state index in [0.29, 0.717) is 12.8 Å². The Labute approximate surface area is 111 Å². The number of carbonyl (C=O) groups excluding carboxylic acids is 1. The van der Waals surface area contributed by atoms with Crippen LogP contribution in [0.25, 0.3) is 0 Å². The minimum atomic E-state index is -2.72. The normalized spacial score (nSPS) is 21.7. The average Bonchev–Trinajstić information content (AvgIpc) is 2.33. The molecule has 0 aromatic rings. The Morgan fingerprint density at radius 1 is 1.42 bits per heavy atom. The quantitative estimate of drug-likeness (QED) is 0.807. The van der Waals surface area contributed by atoms with Crippen LogP contribution in [0.5, 0.6) is 0 Å². The number of urea groups is 1. The zero-order valence-electron chi connectivity index (χ0n) is 11.0. The molecule has 110 valence electrons. The molecule has 0 heterocycles. The number of carbonyl (C=O) groups is 2. The van der Waals surface area contributed by atoms with E-state index in [1.54, 1.807) is 0 Å². The molecule has 1 atom stereocenters. The highest BCUT2D eigenvalue weighted by Crippen LogP contribution is 2.37. The van der Waals surface area contributed by atoms with Crippen LogP contribution in [0.4, 0.5) is 13.6 Å². The highest BCUT2D eigenvalue weighted by Gasteiger charge is 2.41. The van der Waals surface area contributed by atoms with Crippen molar-refractivity contribution < 1.29 is 23.5 Å². The molecule has 1 fully saturated rings. The first-order chi connectivity index (χ1) is 8.83. The summed E-state index contributed by atoms with van der Waals surface area (Å²) in [7, 11) is 1.44. The molecule has 0 aromatic heterocycles. The molecule has 0 radical (unpaired) electrons. The number of nitrogens with one attached hydrogen (secondary N) is 1. The number of hydrogen-bond acceptors (Lipinski definition) is 2. The molecule has 1 aliphatic carbocycles. The summed E-state index contributed by atoms with van der Waals surface area (Å²) in [5.74, 6) is -4.54. The number of rotatable bonds is 5. The van der Waals surface area contributed by atoms with Gasteiger partial charge in [0.25, 0.3) is 5.92 Å². The number of carboxylic acid groups (broad SMARTS) is 1. The van der Waals surface area contributed by atoms with Crippen LogP contribution >= 0.6 is 0 Å². The van der Waals surface area contributed by atoms with Crippen molar-refractivity contribution >= 4 is 12.0 Å². The van der Waals surface area contributed by atoms with Crippen molar-refractivity contribution in [3.63, 3.8) is 0 Å². The van der Waals surface area contributed by atoms with Gasteiger partial charge in [-0.3, -0.25) is 4.79 Å². The lowest BCUT2D eigenvalue weighted by atomic mass is 9.85. The highest BCUT2D eigenvalue weighted by molar-refractivity contribution is 5.74. The molecule has 1 aliphatic rings. The van der Waals surface area contributed by atoms with Crippen molar-refractivity contribution in [2.45, 2.75) is 38.0 Å². The fraction of sp³-hybridized carbons (Fsp3) is 0.833. The zero-order chi connectivity index (χ0) is 14.5. The number of carboxylic acids is 1. The molecule has 19 heavy (non-hydrogen) atoms. The van der Waals surface area contributed by atoms with Crippen LogP contribution in [0.15, 0.2) is 0 Å². The monoisotopic (exact) mass is 278 g/mol. The topological polar surface area (TPSA) is 69.6 Å². The summed E-state index contributed by atoms with van der Waals surface area (Å²) in [5.41, 5.74) is 0. The van der Waals surface area contributed by atoms with Crippen LogP contribution in [0, 0.1) is 5.92 Å². The third-order valence-electron chi connectivity index (χ3n) is 3.42. The molecule has 2 N–H and O–H groups in total. The SMILES string of the molecule is CN(CCC(=O)O)C(=O)NCC1CCCCC1(F)F. The van der Waals surface area contributed by atoms with Crippen molar-refractivity contribution in [2.24, 2.45) is 5.92 Å². The van der Waals surface area contributed by atoms with Crippen LogP contribution in [0.3, 0.4) is 0 Å². The lowest BCUT2D eigenvalue weighted by Crippen LogP contribution is -2.45. The minimum Gasteiger partial charge on any atom is -0.481 e. The first kappa shape index (κ1) is 15.7. The van der Waals surface area contributed by atoms with E-state index in [2.05, 4.69) is 5.32 Å². The Morgan fingerprint density at radius 3 is 2.68 bits per heavy atom. The third kappa shape index (κ3) is 5.00. The van der Waals surface area contributed by atoms with E-state index < -0.39 is 23.8 Å². The Balaban J connectivity index is 2.34. The molecule has 0 aliphatic heterocycles. The minimum absolute atomic E-state index is 0.0578. The average molecular weight is 278 g/mol. The molecule has 0 bridgehead atoms. The number of nitrogens with zero attached hydrogens (tertiary/aromatic N) is 1. The van der Waals surface area contributed by atoms with Crippen LogP contribution < -0.4 is 5.32 Å². The highest BCUT2D eigenvalue weighted by atomic mass is 19.3. The summed E-state index contributed by atoms with van der Waals surface area (Å²) in [6.07, 6.45) is 1.40. The van der Waals surface area contributed by atoms with E-state index in [1.165, 1.54) is 11.9 Å². The van der Waals surface area contributed by atoms with E-state index in [9.17, 15) is 18.4 Å². The lowest BCUT2D eigenvalue weighted by molar-refractivity contribution is -0.137. The summed E-state index contributed by atoms with van der Waals surface area (Å²) < 4.78 is 27.1. The van der Waals surface area contributed by atoms with Gasteiger partial charge in [0, 0.05) is 32.5 Å². The Bertz CT molecular complexity index is 337. The summed E-state index contributed by atoms with van der Waals surface area (Å²) in [6, 6.07) is -0.511. The van der Waals surface area contributed by atoms with Gasteiger partial charge >= 0.3 is 12.0 Å². The van der Waals surface area contributed by atoms with Gasteiger partial charge in [0.15, 0.2) is 0 Å². The predicted molar refractivity (Wildman–Crippen MR) is 65.2 cm³/mol. The fourth-order valence-electron chi connectivity index (χ4n) is 2.13. The lowest BCUT2D eigenvalue weighted by Gasteiger charge is -2.31. The molecule has 2 amide bonds. The molecule has 1 rings (SSSR count). The largest absolute Gasteiger partial charge is 0.481 e. The fourth-order valence-corrected chi connectivity index (χ4v) is 2.13. The van der Waals surface area contributed by atoms with Crippen LogP contribution in [0.1, 0.15) is 32.1 Å². The second-order valence-corrected chi connectivity index (χ2v) is 4.96. The Hall–Kier alpha value is -1.40. The molecular formula is C12H20F2N2O3. The standard InChI is InChI=1S/C12H20F2N2O3/c1-16(7-5-10(17)18)11(19)15-8-9-4-2-3-6-12(9,13)14/h9H,2-8H2,1H3,(H,15,19)(H,17,18). The number of halogens is 2. The van der Waals surface area contributed by atoms with Crippen LogP contribution in [0.2, 0.25) is 0 Å².